The van der Waals surface area contributed by atoms with E-state index in [9.17, 15) is 14.0 Å². The minimum atomic E-state index is -0.353. The lowest BCUT2D eigenvalue weighted by Crippen LogP contribution is -2.37. The molecule has 0 saturated heterocycles. The Balaban J connectivity index is 1.54. The van der Waals surface area contributed by atoms with Crippen LogP contribution in [0.3, 0.4) is 0 Å². The molecule has 1 aromatic heterocycles. The van der Waals surface area contributed by atoms with Crippen LogP contribution in [0.2, 0.25) is 0 Å². The second-order valence-electron chi connectivity index (χ2n) is 7.83. The molecule has 0 unspecified atom stereocenters. The van der Waals surface area contributed by atoms with Crippen LogP contribution in [0.15, 0.2) is 47.3 Å². The summed E-state index contributed by atoms with van der Waals surface area (Å²) in [6.45, 7) is 0.517. The highest BCUT2D eigenvalue weighted by molar-refractivity contribution is 5.99. The van der Waals surface area contributed by atoms with Crippen molar-refractivity contribution >= 4 is 22.4 Å². The number of carbonyl (C=O) groups excluding carboxylic acids is 1. The van der Waals surface area contributed by atoms with Gasteiger partial charge in [-0.25, -0.2) is 9.49 Å². The summed E-state index contributed by atoms with van der Waals surface area (Å²) in [6, 6.07) is 12.2. The Kier molecular flexibility index (Phi) is 3.82. The van der Waals surface area contributed by atoms with Gasteiger partial charge < -0.3 is 4.90 Å². The summed E-state index contributed by atoms with van der Waals surface area (Å²) in [5.41, 5.74) is 1.47. The maximum Gasteiger partial charge on any atom is 0.272 e. The van der Waals surface area contributed by atoms with Crippen LogP contribution in [0.5, 0.6) is 0 Å². The number of hydrogen-bond acceptors (Lipinski definition) is 3. The van der Waals surface area contributed by atoms with Gasteiger partial charge in [-0.2, -0.15) is 5.10 Å². The van der Waals surface area contributed by atoms with Gasteiger partial charge in [-0.05, 0) is 30.5 Å². The van der Waals surface area contributed by atoms with E-state index >= 15 is 0 Å². The molecular weight excluding hydrogens is 357 g/mol. The van der Waals surface area contributed by atoms with E-state index in [1.54, 1.807) is 29.2 Å². The molecule has 0 radical (unpaired) electrons. The predicted octanol–water partition coefficient (Wildman–Crippen LogP) is 3.46. The Hall–Kier alpha value is -3.02. The van der Waals surface area contributed by atoms with Crippen molar-refractivity contribution in [2.24, 2.45) is 0 Å². The number of fused-ring (bicyclic) bond motifs is 3. The van der Waals surface area contributed by atoms with Crippen LogP contribution in [0.4, 0.5) is 10.1 Å². The van der Waals surface area contributed by atoms with Crippen molar-refractivity contribution in [3.63, 3.8) is 0 Å². The molecule has 142 valence electrons. The lowest BCUT2D eigenvalue weighted by atomic mass is 9.81. The van der Waals surface area contributed by atoms with Crippen molar-refractivity contribution in [1.82, 2.24) is 10.2 Å². The first kappa shape index (κ1) is 17.1. The Labute approximate surface area is 161 Å². The first-order valence-electron chi connectivity index (χ1n) is 9.65. The third-order valence-corrected chi connectivity index (χ3v) is 6.24. The van der Waals surface area contributed by atoms with Crippen LogP contribution < -0.4 is 10.5 Å². The van der Waals surface area contributed by atoms with E-state index in [0.717, 1.165) is 31.2 Å². The van der Waals surface area contributed by atoms with Gasteiger partial charge in [0.25, 0.3) is 5.56 Å². The topological polar surface area (TPSA) is 66.1 Å². The number of aromatic nitrogens is 2. The Morgan fingerprint density at radius 1 is 1.11 bits per heavy atom. The van der Waals surface area contributed by atoms with E-state index in [2.05, 4.69) is 10.2 Å². The van der Waals surface area contributed by atoms with Crippen LogP contribution in [0.1, 0.15) is 36.9 Å². The molecule has 2 aromatic carbocycles. The van der Waals surface area contributed by atoms with Crippen LogP contribution in [0.25, 0.3) is 10.8 Å². The molecule has 1 aliphatic heterocycles. The van der Waals surface area contributed by atoms with Crippen LogP contribution in [-0.4, -0.2) is 22.6 Å². The molecule has 2 heterocycles. The first-order valence-corrected chi connectivity index (χ1v) is 9.65. The lowest BCUT2D eigenvalue weighted by Gasteiger charge is -2.24. The van der Waals surface area contributed by atoms with Crippen molar-refractivity contribution in [3.05, 3.63) is 69.9 Å². The fraction of sp³-hybridized carbons (Fsp3) is 0.318. The number of nitrogens with one attached hydrogen (secondary N) is 1. The number of aromatic amines is 1. The zero-order valence-corrected chi connectivity index (χ0v) is 15.4. The number of H-pyrrole nitrogens is 1. The molecule has 1 amide bonds. The van der Waals surface area contributed by atoms with Gasteiger partial charge in [0.2, 0.25) is 5.91 Å². The Morgan fingerprint density at radius 2 is 1.86 bits per heavy atom. The summed E-state index contributed by atoms with van der Waals surface area (Å²) in [5, 5.41) is 7.73. The standard InChI is InChI=1S/C22H20FN3O2/c23-17-9-5-8-16-20(17)26(13-22(16)10-3-4-11-22)19(27)12-18-14-6-1-2-7-15(14)21(28)25-24-18/h1-2,5-9H,3-4,10-13H2,(H,25,28). The largest absolute Gasteiger partial charge is 0.308 e. The van der Waals surface area contributed by atoms with Crippen LogP contribution in [-0.2, 0) is 16.6 Å². The summed E-state index contributed by atoms with van der Waals surface area (Å²) in [7, 11) is 0. The SMILES string of the molecule is O=C(Cc1n[nH]c(=O)c2ccccc12)N1CC2(CCCC2)c2cccc(F)c21. The second kappa shape index (κ2) is 6.26. The molecule has 28 heavy (non-hydrogen) atoms. The Bertz CT molecular complexity index is 1150. The van der Waals surface area contributed by atoms with Gasteiger partial charge in [0.1, 0.15) is 5.82 Å². The fourth-order valence-corrected chi connectivity index (χ4v) is 4.92. The molecule has 0 bridgehead atoms. The molecule has 2 aliphatic rings. The zero-order valence-electron chi connectivity index (χ0n) is 15.4. The number of carbonyl (C=O) groups is 1. The van der Waals surface area contributed by atoms with Gasteiger partial charge in [-0.3, -0.25) is 9.59 Å². The average molecular weight is 377 g/mol. The minimum Gasteiger partial charge on any atom is -0.308 e. The number of benzene rings is 2. The zero-order chi connectivity index (χ0) is 19.3. The fourth-order valence-electron chi connectivity index (χ4n) is 4.92. The van der Waals surface area contributed by atoms with Crippen molar-refractivity contribution in [3.8, 4) is 0 Å². The van der Waals surface area contributed by atoms with Gasteiger partial charge in [-0.1, -0.05) is 43.2 Å². The monoisotopic (exact) mass is 377 g/mol. The number of amides is 1. The third kappa shape index (κ3) is 2.47. The van der Waals surface area contributed by atoms with E-state index in [1.165, 1.54) is 6.07 Å². The predicted molar refractivity (Wildman–Crippen MR) is 105 cm³/mol. The summed E-state index contributed by atoms with van der Waals surface area (Å²) < 4.78 is 14.7. The van der Waals surface area contributed by atoms with E-state index in [0.29, 0.717) is 28.7 Å². The van der Waals surface area contributed by atoms with Gasteiger partial charge in [0.15, 0.2) is 0 Å². The molecule has 3 aromatic rings. The molecular formula is C22H20FN3O2. The number of hydrogen-bond donors (Lipinski definition) is 1. The Morgan fingerprint density at radius 3 is 2.64 bits per heavy atom. The molecule has 0 atom stereocenters. The third-order valence-electron chi connectivity index (χ3n) is 6.24. The van der Waals surface area contributed by atoms with E-state index in [4.69, 9.17) is 0 Å². The highest BCUT2D eigenvalue weighted by Gasteiger charge is 2.47. The number of anilines is 1. The summed E-state index contributed by atoms with van der Waals surface area (Å²) in [6.07, 6.45) is 4.18. The average Bonchev–Trinajstić information content (AvgIpc) is 3.31. The highest BCUT2D eigenvalue weighted by atomic mass is 19.1. The molecule has 6 heteroatoms. The molecule has 1 N–H and O–H groups in total. The van der Waals surface area contributed by atoms with Gasteiger partial charge in [-0.15, -0.1) is 0 Å². The van der Waals surface area contributed by atoms with E-state index in [-0.39, 0.29) is 29.1 Å². The quantitative estimate of drug-likeness (QED) is 0.744. The molecule has 1 aliphatic carbocycles. The van der Waals surface area contributed by atoms with Crippen LogP contribution >= 0.6 is 0 Å². The van der Waals surface area contributed by atoms with E-state index in [1.807, 2.05) is 12.1 Å². The van der Waals surface area contributed by atoms with Gasteiger partial charge in [0.05, 0.1) is 23.2 Å². The molecule has 5 rings (SSSR count). The normalized spacial score (nSPS) is 17.4. The molecule has 1 spiro atoms. The molecule has 1 fully saturated rings. The van der Waals surface area contributed by atoms with Crippen molar-refractivity contribution in [1.29, 1.82) is 0 Å². The summed E-state index contributed by atoms with van der Waals surface area (Å²) >= 11 is 0. The minimum absolute atomic E-state index is 0.0150. The van der Waals surface area contributed by atoms with Gasteiger partial charge in [0, 0.05) is 17.3 Å². The molecule has 1 saturated carbocycles. The number of para-hydroxylation sites is 1. The smallest absolute Gasteiger partial charge is 0.272 e. The van der Waals surface area contributed by atoms with Crippen LogP contribution in [0, 0.1) is 5.82 Å². The van der Waals surface area contributed by atoms with Gasteiger partial charge >= 0.3 is 0 Å². The summed E-state index contributed by atoms with van der Waals surface area (Å²) in [4.78, 5) is 26.8. The maximum atomic E-state index is 14.7. The number of nitrogens with zero attached hydrogens (tertiary/aromatic N) is 2. The van der Waals surface area contributed by atoms with Crippen molar-refractivity contribution in [2.75, 3.05) is 11.4 Å². The van der Waals surface area contributed by atoms with E-state index < -0.39 is 0 Å². The van der Waals surface area contributed by atoms with Crippen molar-refractivity contribution < 1.29 is 9.18 Å². The number of rotatable bonds is 2. The summed E-state index contributed by atoms with van der Waals surface area (Å²) in [5.74, 6) is -0.547. The first-order chi connectivity index (χ1) is 13.6. The van der Waals surface area contributed by atoms with Crippen molar-refractivity contribution in [2.45, 2.75) is 37.5 Å². The molecule has 5 nitrogen and oxygen atoms in total. The second-order valence-corrected chi connectivity index (χ2v) is 7.83. The number of halogens is 1. The highest BCUT2D eigenvalue weighted by Crippen LogP contribution is 2.51. The lowest BCUT2D eigenvalue weighted by molar-refractivity contribution is -0.118. The maximum absolute atomic E-state index is 14.7.